The van der Waals surface area contributed by atoms with E-state index in [0.717, 1.165) is 0 Å². The zero-order valence-corrected chi connectivity index (χ0v) is 11.3. The molecule has 20 heavy (non-hydrogen) atoms. The molecular weight excluding hydrogens is 262 g/mol. The fourth-order valence-electron chi connectivity index (χ4n) is 2.32. The molecule has 0 fully saturated rings. The molecule has 0 N–H and O–H groups in total. The van der Waals surface area contributed by atoms with Crippen LogP contribution < -0.4 is 4.74 Å². The smallest absolute Gasteiger partial charge is 0.338 e. The lowest BCUT2D eigenvalue weighted by atomic mass is 9.87. The van der Waals surface area contributed by atoms with E-state index in [9.17, 15) is 14.9 Å². The molecule has 0 aromatic heterocycles. The number of nitro groups is 1. The van der Waals surface area contributed by atoms with E-state index in [4.69, 9.17) is 9.47 Å². The van der Waals surface area contributed by atoms with Gasteiger partial charge in [-0.05, 0) is 19.9 Å². The number of fused-ring (bicyclic) bond motifs is 1. The maximum atomic E-state index is 12.0. The molecule has 0 saturated heterocycles. The normalized spacial score (nSPS) is 17.2. The van der Waals surface area contributed by atoms with Crippen molar-refractivity contribution in [1.29, 1.82) is 0 Å². The number of rotatable bonds is 4. The topological polar surface area (TPSA) is 78.7 Å². The highest BCUT2D eigenvalue weighted by atomic mass is 16.6. The Bertz CT molecular complexity index is 579. The molecule has 0 radical (unpaired) electrons. The van der Waals surface area contributed by atoms with Gasteiger partial charge in [-0.15, -0.1) is 0 Å². The van der Waals surface area contributed by atoms with E-state index < -0.39 is 16.8 Å². The van der Waals surface area contributed by atoms with Gasteiger partial charge in [0.2, 0.25) is 6.54 Å². The van der Waals surface area contributed by atoms with Crippen molar-refractivity contribution in [2.45, 2.75) is 19.8 Å². The molecule has 0 bridgehead atoms. The van der Waals surface area contributed by atoms with Gasteiger partial charge in [0, 0.05) is 10.5 Å². The fourth-order valence-corrected chi connectivity index (χ4v) is 2.32. The van der Waals surface area contributed by atoms with Crippen molar-refractivity contribution in [2.24, 2.45) is 0 Å². The molecule has 0 amide bonds. The first-order valence-corrected chi connectivity index (χ1v) is 6.31. The van der Waals surface area contributed by atoms with Gasteiger partial charge in [0.25, 0.3) is 0 Å². The molecule has 2 rings (SSSR count). The van der Waals surface area contributed by atoms with Crippen molar-refractivity contribution < 1.29 is 19.2 Å². The Balaban J connectivity index is 2.47. The van der Waals surface area contributed by atoms with Gasteiger partial charge in [-0.3, -0.25) is 10.1 Å². The van der Waals surface area contributed by atoms with Crippen LogP contribution in [0, 0.1) is 10.1 Å². The molecule has 0 aliphatic carbocycles. The number of carbonyl (C=O) groups is 1. The van der Waals surface area contributed by atoms with Crippen LogP contribution in [-0.4, -0.2) is 24.0 Å². The summed E-state index contributed by atoms with van der Waals surface area (Å²) in [6.07, 6.45) is 0. The van der Waals surface area contributed by atoms with Gasteiger partial charge in [0.15, 0.2) is 0 Å². The zero-order chi connectivity index (χ0) is 14.7. The summed E-state index contributed by atoms with van der Waals surface area (Å²) in [7, 11) is 0. The van der Waals surface area contributed by atoms with Crippen LogP contribution >= 0.6 is 0 Å². The number of hydrogen-bond acceptors (Lipinski definition) is 5. The van der Waals surface area contributed by atoms with Crippen molar-refractivity contribution in [3.63, 3.8) is 0 Å². The van der Waals surface area contributed by atoms with Gasteiger partial charge in [-0.25, -0.2) is 4.79 Å². The monoisotopic (exact) mass is 277 g/mol. The number of esters is 1. The lowest BCUT2D eigenvalue weighted by Gasteiger charge is -2.26. The first kappa shape index (κ1) is 14.0. The predicted octanol–water partition coefficient (Wildman–Crippen LogP) is 2.28. The van der Waals surface area contributed by atoms with Crippen LogP contribution in [0.1, 0.15) is 25.3 Å². The summed E-state index contributed by atoms with van der Waals surface area (Å²) in [4.78, 5) is 22.5. The molecule has 1 aliphatic heterocycles. The number of para-hydroxylation sites is 1. The summed E-state index contributed by atoms with van der Waals surface area (Å²) >= 11 is 0. The summed E-state index contributed by atoms with van der Waals surface area (Å²) in [6, 6.07) is 7.01. The molecule has 1 aromatic rings. The summed E-state index contributed by atoms with van der Waals surface area (Å²) in [5.74, 6) is -0.306. The van der Waals surface area contributed by atoms with E-state index in [1.807, 2.05) is 0 Å². The van der Waals surface area contributed by atoms with Crippen molar-refractivity contribution >= 4 is 5.97 Å². The Labute approximate surface area is 116 Å². The van der Waals surface area contributed by atoms with Gasteiger partial charge in [-0.1, -0.05) is 18.2 Å². The van der Waals surface area contributed by atoms with Gasteiger partial charge < -0.3 is 9.47 Å². The van der Waals surface area contributed by atoms with Crippen LogP contribution in [0.15, 0.2) is 35.6 Å². The first-order chi connectivity index (χ1) is 9.54. The second kappa shape index (κ2) is 5.73. The largest absolute Gasteiger partial charge is 0.463 e. The lowest BCUT2D eigenvalue weighted by Crippen LogP contribution is -2.26. The van der Waals surface area contributed by atoms with Crippen LogP contribution in [0.5, 0.6) is 5.75 Å². The standard InChI is InChI=1S/C14H15NO5/c1-3-19-14(16)13-9(2)20-12-7-5-4-6-10(12)11(13)8-15(17)18/h4-7,11H,3,8H2,1-2H3/t11-/m1/s1. The Morgan fingerprint density at radius 2 is 2.15 bits per heavy atom. The Kier molecular flexibility index (Phi) is 4.02. The second-order valence-corrected chi connectivity index (χ2v) is 4.40. The van der Waals surface area contributed by atoms with Crippen LogP contribution in [0.4, 0.5) is 0 Å². The maximum absolute atomic E-state index is 12.0. The number of allylic oxidation sites excluding steroid dienone is 1. The molecule has 1 atom stereocenters. The third kappa shape index (κ3) is 2.64. The molecule has 6 heteroatoms. The number of benzene rings is 1. The molecular formula is C14H15NO5. The fraction of sp³-hybridized carbons (Fsp3) is 0.357. The second-order valence-electron chi connectivity index (χ2n) is 4.40. The van der Waals surface area contributed by atoms with Gasteiger partial charge in [0.1, 0.15) is 11.5 Å². The van der Waals surface area contributed by atoms with Crippen molar-refractivity contribution in [2.75, 3.05) is 13.2 Å². The van der Waals surface area contributed by atoms with Gasteiger partial charge in [-0.2, -0.15) is 0 Å². The lowest BCUT2D eigenvalue weighted by molar-refractivity contribution is -0.482. The minimum Gasteiger partial charge on any atom is -0.463 e. The number of ether oxygens (including phenoxy) is 2. The van der Waals surface area contributed by atoms with Crippen LogP contribution in [0.3, 0.4) is 0 Å². The van der Waals surface area contributed by atoms with E-state index >= 15 is 0 Å². The summed E-state index contributed by atoms with van der Waals surface area (Å²) in [5, 5.41) is 10.9. The van der Waals surface area contributed by atoms with Crippen molar-refractivity contribution in [3.8, 4) is 5.75 Å². The molecule has 1 heterocycles. The molecule has 1 aromatic carbocycles. The number of nitrogens with zero attached hydrogens (tertiary/aromatic N) is 1. The minimum absolute atomic E-state index is 0.211. The molecule has 1 aliphatic rings. The zero-order valence-electron chi connectivity index (χ0n) is 11.3. The van der Waals surface area contributed by atoms with E-state index in [0.29, 0.717) is 17.1 Å². The van der Waals surface area contributed by atoms with Gasteiger partial charge >= 0.3 is 5.97 Å². The van der Waals surface area contributed by atoms with E-state index in [2.05, 4.69) is 0 Å². The summed E-state index contributed by atoms with van der Waals surface area (Å²) in [6.45, 7) is 3.15. The highest BCUT2D eigenvalue weighted by Crippen LogP contribution is 2.39. The van der Waals surface area contributed by atoms with Crippen LogP contribution in [0.25, 0.3) is 0 Å². The first-order valence-electron chi connectivity index (χ1n) is 6.31. The highest BCUT2D eigenvalue weighted by molar-refractivity contribution is 5.91. The summed E-state index contributed by atoms with van der Waals surface area (Å²) in [5.41, 5.74) is 0.861. The number of carbonyl (C=O) groups excluding carboxylic acids is 1. The Morgan fingerprint density at radius 3 is 2.80 bits per heavy atom. The maximum Gasteiger partial charge on any atom is 0.338 e. The molecule has 0 unspecified atom stereocenters. The Morgan fingerprint density at radius 1 is 1.45 bits per heavy atom. The number of hydrogen-bond donors (Lipinski definition) is 0. The predicted molar refractivity (Wildman–Crippen MR) is 71.0 cm³/mol. The van der Waals surface area contributed by atoms with Crippen molar-refractivity contribution in [3.05, 3.63) is 51.3 Å². The quantitative estimate of drug-likeness (QED) is 0.479. The van der Waals surface area contributed by atoms with E-state index in [1.165, 1.54) is 0 Å². The average molecular weight is 277 g/mol. The molecule has 0 spiro atoms. The third-order valence-electron chi connectivity index (χ3n) is 3.11. The Hall–Kier alpha value is -2.37. The average Bonchev–Trinajstić information content (AvgIpc) is 2.38. The molecule has 6 nitrogen and oxygen atoms in total. The van der Waals surface area contributed by atoms with Crippen LogP contribution in [0.2, 0.25) is 0 Å². The summed E-state index contributed by atoms with van der Waals surface area (Å²) < 4.78 is 10.6. The van der Waals surface area contributed by atoms with Crippen LogP contribution in [-0.2, 0) is 9.53 Å². The van der Waals surface area contributed by atoms with E-state index in [-0.39, 0.29) is 18.7 Å². The van der Waals surface area contributed by atoms with Crippen molar-refractivity contribution in [1.82, 2.24) is 0 Å². The SMILES string of the molecule is CCOC(=O)C1=C(C)Oc2ccccc2[C@H]1C[N+](=O)[O-]. The minimum atomic E-state index is -0.644. The molecule has 106 valence electrons. The van der Waals surface area contributed by atoms with E-state index in [1.54, 1.807) is 38.1 Å². The van der Waals surface area contributed by atoms with Gasteiger partial charge in [0.05, 0.1) is 18.1 Å². The highest BCUT2D eigenvalue weighted by Gasteiger charge is 2.36. The molecule has 0 saturated carbocycles. The third-order valence-corrected chi connectivity index (χ3v) is 3.11.